The van der Waals surface area contributed by atoms with Gasteiger partial charge in [-0.05, 0) is 24.9 Å². The normalized spacial score (nSPS) is 10.4. The number of para-hydroxylation sites is 1. The van der Waals surface area contributed by atoms with Gasteiger partial charge in [-0.15, -0.1) is 0 Å². The summed E-state index contributed by atoms with van der Waals surface area (Å²) in [6.45, 7) is 1.62. The third-order valence-electron chi connectivity index (χ3n) is 2.10. The van der Waals surface area contributed by atoms with E-state index >= 15 is 0 Å². The molecule has 2 rings (SSSR count). The van der Waals surface area contributed by atoms with Gasteiger partial charge in [-0.1, -0.05) is 18.2 Å². The maximum absolute atomic E-state index is 11.4. The molecule has 1 aromatic carbocycles. The summed E-state index contributed by atoms with van der Waals surface area (Å²) >= 11 is 0. The molecular formula is C10H9N2O2-. The number of hydrogen-bond acceptors (Lipinski definition) is 2. The molecule has 0 aliphatic heterocycles. The van der Waals surface area contributed by atoms with Gasteiger partial charge in [0, 0.05) is 5.69 Å². The largest absolute Gasteiger partial charge is 0.859 e. The third-order valence-corrected chi connectivity index (χ3v) is 2.10. The quantitative estimate of drug-likeness (QED) is 0.712. The summed E-state index contributed by atoms with van der Waals surface area (Å²) in [6.07, 6.45) is 0. The minimum atomic E-state index is -0.390. The van der Waals surface area contributed by atoms with Crippen molar-refractivity contribution in [3.63, 3.8) is 0 Å². The number of H-pyrrole nitrogens is 1. The minimum absolute atomic E-state index is 0.334. The molecule has 0 spiro atoms. The lowest BCUT2D eigenvalue weighted by molar-refractivity contribution is -0.275. The Bertz CT molecular complexity index is 497. The molecule has 0 atom stereocenters. The van der Waals surface area contributed by atoms with Crippen LogP contribution in [0, 0.1) is 6.92 Å². The molecule has 0 aliphatic rings. The van der Waals surface area contributed by atoms with Crippen molar-refractivity contribution < 1.29 is 5.11 Å². The zero-order valence-corrected chi connectivity index (χ0v) is 7.65. The van der Waals surface area contributed by atoms with Crippen LogP contribution in [-0.4, -0.2) is 9.55 Å². The Labute approximate surface area is 80.4 Å². The predicted molar refractivity (Wildman–Crippen MR) is 50.6 cm³/mol. The Balaban J connectivity index is 2.69. The highest BCUT2D eigenvalue weighted by Crippen LogP contribution is 2.12. The Kier molecular flexibility index (Phi) is 1.89. The molecule has 0 saturated carbocycles. The van der Waals surface area contributed by atoms with Gasteiger partial charge in [0.05, 0.1) is 5.69 Å². The molecule has 0 amide bonds. The monoisotopic (exact) mass is 189 g/mol. The lowest BCUT2D eigenvalue weighted by Gasteiger charge is -2.06. The zero-order valence-electron chi connectivity index (χ0n) is 7.65. The van der Waals surface area contributed by atoms with Crippen molar-refractivity contribution in [3.8, 4) is 11.6 Å². The molecule has 2 aromatic rings. The number of aromatic amines is 1. The van der Waals surface area contributed by atoms with Gasteiger partial charge in [0.1, 0.15) is 0 Å². The molecule has 0 aliphatic carbocycles. The van der Waals surface area contributed by atoms with Gasteiger partial charge in [0.2, 0.25) is 0 Å². The maximum atomic E-state index is 11.4. The molecule has 14 heavy (non-hydrogen) atoms. The van der Waals surface area contributed by atoms with Crippen molar-refractivity contribution in [1.82, 2.24) is 9.55 Å². The van der Waals surface area contributed by atoms with Crippen LogP contribution in [0.15, 0.2) is 35.1 Å². The van der Waals surface area contributed by atoms with Crippen LogP contribution >= 0.6 is 0 Å². The van der Waals surface area contributed by atoms with E-state index in [0.717, 1.165) is 0 Å². The molecule has 1 N–H and O–H groups in total. The lowest BCUT2D eigenvalue weighted by atomic mass is 10.3. The number of aromatic nitrogens is 2. The highest BCUT2D eigenvalue weighted by atomic mass is 16.3. The van der Waals surface area contributed by atoms with E-state index < -0.39 is 5.69 Å². The Morgan fingerprint density at radius 2 is 1.93 bits per heavy atom. The summed E-state index contributed by atoms with van der Waals surface area (Å²) in [5.74, 6) is -0.334. The fraction of sp³-hybridized carbons (Fsp3) is 0.100. The number of nitrogens with zero attached hydrogens (tertiary/aromatic N) is 1. The van der Waals surface area contributed by atoms with Gasteiger partial charge in [-0.3, -0.25) is 4.57 Å². The smallest absolute Gasteiger partial charge is 0.329 e. The average molecular weight is 189 g/mol. The minimum Gasteiger partial charge on any atom is -0.859 e. The van der Waals surface area contributed by atoms with E-state index in [1.165, 1.54) is 4.57 Å². The molecule has 0 radical (unpaired) electrons. The molecule has 0 unspecified atom stereocenters. The molecule has 0 fully saturated rings. The summed E-state index contributed by atoms with van der Waals surface area (Å²) in [7, 11) is 0. The molecule has 72 valence electrons. The molecular weight excluding hydrogens is 180 g/mol. The van der Waals surface area contributed by atoms with Crippen LogP contribution in [0.4, 0.5) is 0 Å². The maximum Gasteiger partial charge on any atom is 0.329 e. The zero-order chi connectivity index (χ0) is 10.1. The van der Waals surface area contributed by atoms with Gasteiger partial charge in [-0.25, -0.2) is 4.79 Å². The van der Waals surface area contributed by atoms with Crippen LogP contribution in [0.5, 0.6) is 5.88 Å². The highest BCUT2D eigenvalue weighted by molar-refractivity contribution is 5.35. The molecule has 4 nitrogen and oxygen atoms in total. The second-order valence-electron chi connectivity index (χ2n) is 3.02. The second kappa shape index (κ2) is 3.06. The van der Waals surface area contributed by atoms with E-state index in [2.05, 4.69) is 4.98 Å². The van der Waals surface area contributed by atoms with Gasteiger partial charge >= 0.3 is 5.69 Å². The molecule has 4 heteroatoms. The summed E-state index contributed by atoms with van der Waals surface area (Å²) < 4.78 is 1.36. The second-order valence-corrected chi connectivity index (χ2v) is 3.02. The fourth-order valence-corrected chi connectivity index (χ4v) is 1.39. The van der Waals surface area contributed by atoms with Crippen molar-refractivity contribution >= 4 is 0 Å². The van der Waals surface area contributed by atoms with Crippen LogP contribution in [-0.2, 0) is 0 Å². The van der Waals surface area contributed by atoms with E-state index in [9.17, 15) is 9.90 Å². The first-order valence-electron chi connectivity index (χ1n) is 4.24. The summed E-state index contributed by atoms with van der Waals surface area (Å²) in [6, 6.07) is 9.05. The van der Waals surface area contributed by atoms with E-state index in [4.69, 9.17) is 0 Å². The summed E-state index contributed by atoms with van der Waals surface area (Å²) in [4.78, 5) is 13.6. The van der Waals surface area contributed by atoms with Crippen molar-refractivity contribution in [2.75, 3.05) is 0 Å². The Morgan fingerprint density at radius 1 is 1.29 bits per heavy atom. The van der Waals surface area contributed by atoms with Gasteiger partial charge < -0.3 is 10.1 Å². The van der Waals surface area contributed by atoms with E-state index in [0.29, 0.717) is 11.4 Å². The van der Waals surface area contributed by atoms with Crippen molar-refractivity contribution in [1.29, 1.82) is 0 Å². The third kappa shape index (κ3) is 1.21. The standard InChI is InChI=1S/C10H10N2O2/c1-7-9(13)11-10(14)12(7)8-5-3-2-4-6-8/h2-6,13H,1H3,(H,11,14)/p-1. The topological polar surface area (TPSA) is 60.8 Å². The Morgan fingerprint density at radius 3 is 2.43 bits per heavy atom. The summed E-state index contributed by atoms with van der Waals surface area (Å²) in [5.41, 5.74) is 0.716. The lowest BCUT2D eigenvalue weighted by Crippen LogP contribution is -2.15. The van der Waals surface area contributed by atoms with Crippen LogP contribution in [0.3, 0.4) is 0 Å². The molecule has 1 heterocycles. The molecule has 1 aromatic heterocycles. The van der Waals surface area contributed by atoms with E-state index in [-0.39, 0.29) is 5.88 Å². The van der Waals surface area contributed by atoms with Gasteiger partial charge in [-0.2, -0.15) is 0 Å². The van der Waals surface area contributed by atoms with Gasteiger partial charge in [0.25, 0.3) is 0 Å². The molecule has 0 bridgehead atoms. The SMILES string of the molecule is Cc1c([O-])[nH]c(=O)n1-c1ccccc1. The van der Waals surface area contributed by atoms with Crippen molar-refractivity contribution in [2.45, 2.75) is 6.92 Å². The van der Waals surface area contributed by atoms with Crippen molar-refractivity contribution in [3.05, 3.63) is 46.5 Å². The first-order valence-corrected chi connectivity index (χ1v) is 4.24. The Hall–Kier alpha value is -1.97. The van der Waals surface area contributed by atoms with E-state index in [1.807, 2.05) is 18.2 Å². The van der Waals surface area contributed by atoms with Crippen LogP contribution in [0.25, 0.3) is 5.69 Å². The van der Waals surface area contributed by atoms with Crippen LogP contribution < -0.4 is 10.8 Å². The number of rotatable bonds is 1. The first-order chi connectivity index (χ1) is 6.70. The van der Waals surface area contributed by atoms with Crippen molar-refractivity contribution in [2.24, 2.45) is 0 Å². The number of nitrogens with one attached hydrogen (secondary N) is 1. The average Bonchev–Trinajstić information content (AvgIpc) is 2.43. The fourth-order valence-electron chi connectivity index (χ4n) is 1.39. The van der Waals surface area contributed by atoms with E-state index in [1.54, 1.807) is 19.1 Å². The highest BCUT2D eigenvalue weighted by Gasteiger charge is 2.04. The van der Waals surface area contributed by atoms with Crippen LogP contribution in [0.2, 0.25) is 0 Å². The summed E-state index contributed by atoms with van der Waals surface area (Å²) in [5, 5.41) is 11.2. The number of hydrogen-bond donors (Lipinski definition) is 1. The predicted octanol–water partition coefficient (Wildman–Crippen LogP) is 0.548. The number of imidazole rings is 1. The number of benzene rings is 1. The van der Waals surface area contributed by atoms with Crippen LogP contribution in [0.1, 0.15) is 5.69 Å². The first kappa shape index (κ1) is 8.62. The van der Waals surface area contributed by atoms with Gasteiger partial charge in [0.15, 0.2) is 0 Å². The molecule has 0 saturated heterocycles.